The molecule has 0 saturated carbocycles. The summed E-state index contributed by atoms with van der Waals surface area (Å²) in [5.41, 5.74) is 4.01. The monoisotopic (exact) mass is 332 g/mol. The Labute approximate surface area is 146 Å². The third-order valence-electron chi connectivity index (χ3n) is 5.55. The first kappa shape index (κ1) is 18.7. The first-order valence-electron chi connectivity index (χ1n) is 9.05. The molecule has 1 aliphatic rings. The van der Waals surface area contributed by atoms with Gasteiger partial charge in [0.2, 0.25) is 0 Å². The van der Waals surface area contributed by atoms with Crippen LogP contribution >= 0.6 is 0 Å². The number of allylic oxidation sites excluding steroid dienone is 2. The summed E-state index contributed by atoms with van der Waals surface area (Å²) in [6, 6.07) is 0. The highest BCUT2D eigenvalue weighted by molar-refractivity contribution is 5.64. The number of ether oxygens (including phenoxy) is 1. The molecule has 0 heterocycles. The number of methoxy groups -OCH3 is 1. The maximum absolute atomic E-state index is 10.5. The second-order valence-electron chi connectivity index (χ2n) is 7.60. The molecule has 3 nitrogen and oxygen atoms in total. The van der Waals surface area contributed by atoms with Gasteiger partial charge in [0.15, 0.2) is 11.5 Å². The van der Waals surface area contributed by atoms with Crippen LogP contribution in [0.15, 0.2) is 11.6 Å². The zero-order valence-corrected chi connectivity index (χ0v) is 15.9. The molecule has 24 heavy (non-hydrogen) atoms. The van der Waals surface area contributed by atoms with Crippen LogP contribution in [0.2, 0.25) is 0 Å². The average Bonchev–Trinajstić information content (AvgIpc) is 2.52. The van der Waals surface area contributed by atoms with Gasteiger partial charge < -0.3 is 14.9 Å². The van der Waals surface area contributed by atoms with Crippen molar-refractivity contribution in [2.45, 2.75) is 72.1 Å². The number of hydrogen-bond acceptors (Lipinski definition) is 3. The lowest BCUT2D eigenvalue weighted by Gasteiger charge is -2.36. The number of phenolic OH excluding ortho intramolecular Hbond substituents is 2. The third-order valence-corrected chi connectivity index (χ3v) is 5.55. The topological polar surface area (TPSA) is 49.7 Å². The van der Waals surface area contributed by atoms with E-state index in [1.54, 1.807) is 7.11 Å². The molecule has 0 unspecified atom stereocenters. The predicted octanol–water partition coefficient (Wildman–Crippen LogP) is 5.78. The molecule has 2 rings (SSSR count). The smallest absolute Gasteiger partial charge is 0.164 e. The van der Waals surface area contributed by atoms with Crippen molar-refractivity contribution in [1.29, 1.82) is 0 Å². The summed E-state index contributed by atoms with van der Waals surface area (Å²) in [7, 11) is 1.66. The van der Waals surface area contributed by atoms with Crippen molar-refractivity contribution in [3.8, 4) is 17.2 Å². The van der Waals surface area contributed by atoms with E-state index in [1.807, 2.05) is 6.92 Å². The zero-order valence-electron chi connectivity index (χ0n) is 15.9. The second kappa shape index (κ2) is 7.50. The molecule has 1 aromatic carbocycles. The van der Waals surface area contributed by atoms with Crippen LogP contribution < -0.4 is 4.74 Å². The Morgan fingerprint density at radius 1 is 1.21 bits per heavy atom. The SMILES string of the molecule is COc1c(C)c(O)c(O)c2c1[C@@H]([C@@H](C)CCC=C(C)C)CC[C@@H]2C. The minimum absolute atomic E-state index is 0.0321. The van der Waals surface area contributed by atoms with Crippen LogP contribution in [0, 0.1) is 12.8 Å². The summed E-state index contributed by atoms with van der Waals surface area (Å²) in [6.45, 7) is 10.5. The van der Waals surface area contributed by atoms with Crippen LogP contribution in [-0.2, 0) is 0 Å². The van der Waals surface area contributed by atoms with Crippen LogP contribution in [0.4, 0.5) is 0 Å². The van der Waals surface area contributed by atoms with Gasteiger partial charge in [-0.05, 0) is 64.2 Å². The van der Waals surface area contributed by atoms with Crippen molar-refractivity contribution in [1.82, 2.24) is 0 Å². The molecule has 2 N–H and O–H groups in total. The van der Waals surface area contributed by atoms with Crippen LogP contribution in [0.1, 0.15) is 81.9 Å². The van der Waals surface area contributed by atoms with Crippen LogP contribution in [0.3, 0.4) is 0 Å². The molecule has 0 aromatic heterocycles. The standard InChI is InChI=1S/C21H32O3/c1-12(2)8-7-9-13(3)16-11-10-14(4)17-18(16)21(24-6)15(5)19(22)20(17)23/h8,13-14,16,22-23H,7,9-11H2,1-6H3/t13-,14-,16+/m0/s1. The molecule has 0 amide bonds. The summed E-state index contributed by atoms with van der Waals surface area (Å²) in [6.07, 6.45) is 6.62. The zero-order chi connectivity index (χ0) is 18.0. The van der Waals surface area contributed by atoms with Gasteiger partial charge in [-0.1, -0.05) is 25.5 Å². The van der Waals surface area contributed by atoms with Crippen molar-refractivity contribution in [3.05, 3.63) is 28.3 Å². The van der Waals surface area contributed by atoms with E-state index in [9.17, 15) is 10.2 Å². The van der Waals surface area contributed by atoms with Crippen molar-refractivity contribution in [2.75, 3.05) is 7.11 Å². The van der Waals surface area contributed by atoms with E-state index in [0.717, 1.165) is 42.6 Å². The summed E-state index contributed by atoms with van der Waals surface area (Å²) in [5, 5.41) is 20.8. The molecule has 134 valence electrons. The number of benzene rings is 1. The van der Waals surface area contributed by atoms with Gasteiger partial charge in [0, 0.05) is 16.7 Å². The number of phenols is 2. The highest BCUT2D eigenvalue weighted by Crippen LogP contribution is 2.54. The van der Waals surface area contributed by atoms with Crippen LogP contribution in [0.25, 0.3) is 0 Å². The fourth-order valence-electron chi connectivity index (χ4n) is 4.12. The van der Waals surface area contributed by atoms with E-state index in [1.165, 1.54) is 5.57 Å². The first-order valence-corrected chi connectivity index (χ1v) is 9.05. The van der Waals surface area contributed by atoms with Gasteiger partial charge in [-0.3, -0.25) is 0 Å². The number of fused-ring (bicyclic) bond motifs is 1. The quantitative estimate of drug-likeness (QED) is 0.531. The maximum Gasteiger partial charge on any atom is 0.164 e. The lowest BCUT2D eigenvalue weighted by molar-refractivity contribution is 0.325. The van der Waals surface area contributed by atoms with Crippen molar-refractivity contribution < 1.29 is 14.9 Å². The molecule has 0 bridgehead atoms. The average molecular weight is 332 g/mol. The summed E-state index contributed by atoms with van der Waals surface area (Å²) >= 11 is 0. The Morgan fingerprint density at radius 2 is 1.88 bits per heavy atom. The van der Waals surface area contributed by atoms with E-state index in [0.29, 0.717) is 17.4 Å². The molecule has 0 radical (unpaired) electrons. The fourth-order valence-corrected chi connectivity index (χ4v) is 4.12. The van der Waals surface area contributed by atoms with Crippen molar-refractivity contribution in [2.24, 2.45) is 5.92 Å². The Bertz CT molecular complexity index is 627. The van der Waals surface area contributed by atoms with Gasteiger partial charge in [0.05, 0.1) is 7.11 Å². The molecule has 3 atom stereocenters. The molecule has 0 saturated heterocycles. The Kier molecular flexibility index (Phi) is 5.84. The number of rotatable bonds is 5. The third kappa shape index (κ3) is 3.40. The van der Waals surface area contributed by atoms with E-state index in [4.69, 9.17) is 4.74 Å². The highest BCUT2D eigenvalue weighted by atomic mass is 16.5. The van der Waals surface area contributed by atoms with Gasteiger partial charge in [0.25, 0.3) is 0 Å². The minimum atomic E-state index is -0.0321. The van der Waals surface area contributed by atoms with Gasteiger partial charge in [-0.15, -0.1) is 0 Å². The molecule has 0 spiro atoms. The lowest BCUT2D eigenvalue weighted by atomic mass is 9.70. The Morgan fingerprint density at radius 3 is 2.46 bits per heavy atom. The van der Waals surface area contributed by atoms with Crippen molar-refractivity contribution >= 4 is 0 Å². The number of hydrogen-bond donors (Lipinski definition) is 2. The highest BCUT2D eigenvalue weighted by Gasteiger charge is 2.35. The van der Waals surface area contributed by atoms with E-state index >= 15 is 0 Å². The van der Waals surface area contributed by atoms with Gasteiger partial charge in [-0.2, -0.15) is 0 Å². The van der Waals surface area contributed by atoms with Crippen LogP contribution in [-0.4, -0.2) is 17.3 Å². The Balaban J connectivity index is 2.46. The fraction of sp³-hybridized carbons (Fsp3) is 0.619. The first-order chi connectivity index (χ1) is 11.3. The normalized spacial score (nSPS) is 21.1. The molecular formula is C21H32O3. The molecule has 1 aliphatic carbocycles. The number of aromatic hydroxyl groups is 2. The van der Waals surface area contributed by atoms with Crippen LogP contribution in [0.5, 0.6) is 17.2 Å². The van der Waals surface area contributed by atoms with Gasteiger partial charge in [-0.25, -0.2) is 0 Å². The van der Waals surface area contributed by atoms with Crippen molar-refractivity contribution in [3.63, 3.8) is 0 Å². The predicted molar refractivity (Wildman–Crippen MR) is 99.3 cm³/mol. The second-order valence-corrected chi connectivity index (χ2v) is 7.60. The van der Waals surface area contributed by atoms with E-state index < -0.39 is 0 Å². The minimum Gasteiger partial charge on any atom is -0.504 e. The van der Waals surface area contributed by atoms with Gasteiger partial charge in [0.1, 0.15) is 5.75 Å². The molecular weight excluding hydrogens is 300 g/mol. The molecule has 0 fully saturated rings. The molecule has 3 heteroatoms. The maximum atomic E-state index is 10.5. The molecule has 0 aliphatic heterocycles. The summed E-state index contributed by atoms with van der Waals surface area (Å²) in [4.78, 5) is 0. The lowest BCUT2D eigenvalue weighted by Crippen LogP contribution is -2.20. The van der Waals surface area contributed by atoms with E-state index in [-0.39, 0.29) is 17.4 Å². The summed E-state index contributed by atoms with van der Waals surface area (Å²) in [5.74, 6) is 1.88. The Hall–Kier alpha value is -1.64. The van der Waals surface area contributed by atoms with Gasteiger partial charge >= 0.3 is 0 Å². The summed E-state index contributed by atoms with van der Waals surface area (Å²) < 4.78 is 5.67. The largest absolute Gasteiger partial charge is 0.504 e. The molecule has 1 aromatic rings. The van der Waals surface area contributed by atoms with E-state index in [2.05, 4.69) is 33.8 Å².